The maximum atomic E-state index is 11.2. The molecule has 4 aliphatic rings. The molecule has 0 aromatic rings. The fraction of sp³-hybridized carbons (Fsp3) is 1.00. The third kappa shape index (κ3) is 3.73. The molecular weight excluding hydrogens is 356 g/mol. The summed E-state index contributed by atoms with van der Waals surface area (Å²) in [4.78, 5) is 0. The summed E-state index contributed by atoms with van der Waals surface area (Å²) in [6, 6.07) is 0. The summed E-state index contributed by atoms with van der Waals surface area (Å²) >= 11 is 0. The van der Waals surface area contributed by atoms with Gasteiger partial charge in [0.15, 0.2) is 0 Å². The second kappa shape index (κ2) is 8.12. The molecule has 0 spiro atoms. The molecule has 4 aliphatic carbocycles. The molecule has 168 valence electrons. The van der Waals surface area contributed by atoms with Crippen LogP contribution < -0.4 is 0 Å². The molecule has 4 fully saturated rings. The summed E-state index contributed by atoms with van der Waals surface area (Å²) in [6.45, 7) is 12.4. The zero-order chi connectivity index (χ0) is 21.0. The first-order valence-corrected chi connectivity index (χ1v) is 13.0. The van der Waals surface area contributed by atoms with Crippen LogP contribution in [-0.2, 0) is 0 Å². The van der Waals surface area contributed by atoms with E-state index in [-0.39, 0.29) is 17.6 Å². The smallest absolute Gasteiger partial charge is 0.0577 e. The van der Waals surface area contributed by atoms with Crippen LogP contribution in [0.15, 0.2) is 0 Å². The molecule has 0 heterocycles. The van der Waals surface area contributed by atoms with Crippen LogP contribution in [0.2, 0.25) is 0 Å². The fourth-order valence-electron chi connectivity index (χ4n) is 9.30. The minimum Gasteiger partial charge on any atom is -0.393 e. The number of rotatable bonds is 5. The number of aliphatic hydroxyl groups is 2. The number of hydrogen-bond donors (Lipinski definition) is 2. The molecular formula is C27H48O2. The minimum atomic E-state index is -0.193. The molecule has 6 unspecified atom stereocenters. The van der Waals surface area contributed by atoms with Crippen molar-refractivity contribution < 1.29 is 10.2 Å². The van der Waals surface area contributed by atoms with Gasteiger partial charge in [0, 0.05) is 0 Å². The maximum absolute atomic E-state index is 11.2. The van der Waals surface area contributed by atoms with E-state index in [0.717, 1.165) is 55.3 Å². The van der Waals surface area contributed by atoms with Crippen LogP contribution in [0.3, 0.4) is 0 Å². The first-order chi connectivity index (χ1) is 13.7. The summed E-state index contributed by atoms with van der Waals surface area (Å²) in [5.74, 6) is 5.20. The Hall–Kier alpha value is -0.0800. The molecule has 29 heavy (non-hydrogen) atoms. The Bertz CT molecular complexity index is 573. The second-order valence-electron chi connectivity index (χ2n) is 12.8. The van der Waals surface area contributed by atoms with Gasteiger partial charge in [-0.15, -0.1) is 0 Å². The average molecular weight is 405 g/mol. The van der Waals surface area contributed by atoms with Gasteiger partial charge in [0.2, 0.25) is 0 Å². The molecule has 0 radical (unpaired) electrons. The number of hydrogen-bond acceptors (Lipinski definition) is 2. The lowest BCUT2D eigenvalue weighted by Crippen LogP contribution is -2.58. The van der Waals surface area contributed by atoms with Gasteiger partial charge in [0.05, 0.1) is 12.2 Å². The van der Waals surface area contributed by atoms with Crippen LogP contribution in [0.1, 0.15) is 105 Å². The highest BCUT2D eigenvalue weighted by molar-refractivity contribution is 5.11. The first kappa shape index (κ1) is 22.1. The van der Waals surface area contributed by atoms with Gasteiger partial charge in [0.1, 0.15) is 0 Å². The highest BCUT2D eigenvalue weighted by Crippen LogP contribution is 2.68. The van der Waals surface area contributed by atoms with E-state index in [2.05, 4.69) is 34.6 Å². The SMILES string of the molecule is CC(C)CCC[C@H](C)C1CCC2C3CC(O)C4C[C@@H](O)CC[C@]4(C)C3CC[C@@]21C. The van der Waals surface area contributed by atoms with E-state index in [1.165, 1.54) is 44.9 Å². The Morgan fingerprint density at radius 3 is 2.21 bits per heavy atom. The Balaban J connectivity index is 1.50. The summed E-state index contributed by atoms with van der Waals surface area (Å²) in [7, 11) is 0. The largest absolute Gasteiger partial charge is 0.393 e. The molecule has 10 atom stereocenters. The summed E-state index contributed by atoms with van der Waals surface area (Å²) < 4.78 is 0. The normalized spacial score (nSPS) is 50.7. The molecule has 0 amide bonds. The van der Waals surface area contributed by atoms with Crippen molar-refractivity contribution in [3.63, 3.8) is 0 Å². The quantitative estimate of drug-likeness (QED) is 0.553. The van der Waals surface area contributed by atoms with E-state index < -0.39 is 0 Å². The topological polar surface area (TPSA) is 40.5 Å². The van der Waals surface area contributed by atoms with Gasteiger partial charge in [-0.2, -0.15) is 0 Å². The molecule has 4 saturated carbocycles. The van der Waals surface area contributed by atoms with Crippen molar-refractivity contribution in [1.29, 1.82) is 0 Å². The summed E-state index contributed by atoms with van der Waals surface area (Å²) in [6.07, 6.45) is 13.3. The van der Waals surface area contributed by atoms with Crippen molar-refractivity contribution in [3.05, 3.63) is 0 Å². The van der Waals surface area contributed by atoms with E-state index >= 15 is 0 Å². The predicted octanol–water partition coefficient (Wildman–Crippen LogP) is 6.44. The van der Waals surface area contributed by atoms with Crippen molar-refractivity contribution in [2.24, 2.45) is 52.3 Å². The first-order valence-electron chi connectivity index (χ1n) is 13.0. The molecule has 2 nitrogen and oxygen atoms in total. The zero-order valence-electron chi connectivity index (χ0n) is 19.9. The van der Waals surface area contributed by atoms with Gasteiger partial charge in [-0.25, -0.2) is 0 Å². The second-order valence-corrected chi connectivity index (χ2v) is 12.8. The lowest BCUT2D eigenvalue weighted by Gasteiger charge is -2.62. The van der Waals surface area contributed by atoms with Crippen molar-refractivity contribution in [2.45, 2.75) is 117 Å². The molecule has 0 bridgehead atoms. The summed E-state index contributed by atoms with van der Waals surface area (Å²) in [5, 5.41) is 21.4. The van der Waals surface area contributed by atoms with Crippen LogP contribution in [0.5, 0.6) is 0 Å². The highest BCUT2D eigenvalue weighted by atomic mass is 16.3. The van der Waals surface area contributed by atoms with Gasteiger partial charge in [-0.05, 0) is 104 Å². The highest BCUT2D eigenvalue weighted by Gasteiger charge is 2.62. The predicted molar refractivity (Wildman–Crippen MR) is 120 cm³/mol. The average Bonchev–Trinajstić information content (AvgIpc) is 3.00. The van der Waals surface area contributed by atoms with E-state index in [1.54, 1.807) is 0 Å². The van der Waals surface area contributed by atoms with E-state index in [0.29, 0.717) is 17.3 Å². The Kier molecular flexibility index (Phi) is 6.19. The molecule has 0 aliphatic heterocycles. The third-order valence-electron chi connectivity index (χ3n) is 10.9. The lowest BCUT2D eigenvalue weighted by molar-refractivity contribution is -0.172. The van der Waals surface area contributed by atoms with E-state index in [4.69, 9.17) is 0 Å². The monoisotopic (exact) mass is 404 g/mol. The van der Waals surface area contributed by atoms with E-state index in [9.17, 15) is 10.2 Å². The fourth-order valence-corrected chi connectivity index (χ4v) is 9.30. The Morgan fingerprint density at radius 2 is 1.48 bits per heavy atom. The van der Waals surface area contributed by atoms with Gasteiger partial charge < -0.3 is 10.2 Å². The molecule has 2 heteroatoms. The Morgan fingerprint density at radius 1 is 0.793 bits per heavy atom. The summed E-state index contributed by atoms with van der Waals surface area (Å²) in [5.41, 5.74) is 0.749. The van der Waals surface area contributed by atoms with Crippen LogP contribution in [0.25, 0.3) is 0 Å². The van der Waals surface area contributed by atoms with Crippen LogP contribution in [0.4, 0.5) is 0 Å². The molecule has 0 aromatic heterocycles. The van der Waals surface area contributed by atoms with Crippen molar-refractivity contribution >= 4 is 0 Å². The Labute approximate surface area is 180 Å². The van der Waals surface area contributed by atoms with Crippen molar-refractivity contribution in [3.8, 4) is 0 Å². The van der Waals surface area contributed by atoms with Gasteiger partial charge in [0.25, 0.3) is 0 Å². The minimum absolute atomic E-state index is 0.185. The molecule has 2 N–H and O–H groups in total. The molecule has 0 aromatic carbocycles. The van der Waals surface area contributed by atoms with Gasteiger partial charge in [-0.3, -0.25) is 0 Å². The third-order valence-corrected chi connectivity index (χ3v) is 10.9. The van der Waals surface area contributed by atoms with Gasteiger partial charge >= 0.3 is 0 Å². The van der Waals surface area contributed by atoms with Crippen molar-refractivity contribution in [1.82, 2.24) is 0 Å². The van der Waals surface area contributed by atoms with Crippen LogP contribution in [0, 0.1) is 52.3 Å². The lowest BCUT2D eigenvalue weighted by atomic mass is 9.44. The van der Waals surface area contributed by atoms with E-state index in [1.807, 2.05) is 0 Å². The maximum Gasteiger partial charge on any atom is 0.0577 e. The van der Waals surface area contributed by atoms with Crippen LogP contribution in [-0.4, -0.2) is 22.4 Å². The number of fused-ring (bicyclic) bond motifs is 5. The van der Waals surface area contributed by atoms with Gasteiger partial charge in [-0.1, -0.05) is 53.9 Å². The molecule has 4 rings (SSSR count). The van der Waals surface area contributed by atoms with Crippen molar-refractivity contribution in [2.75, 3.05) is 0 Å². The van der Waals surface area contributed by atoms with Crippen LogP contribution >= 0.6 is 0 Å². The number of aliphatic hydroxyl groups excluding tert-OH is 2. The zero-order valence-corrected chi connectivity index (χ0v) is 19.9. The molecule has 0 saturated heterocycles. The standard InChI is InChI=1S/C27H48O2/c1-17(2)7-6-8-18(3)21-9-10-22-20-16-25(29)24-15-19(28)11-13-27(24,5)23(20)12-14-26(21,22)4/h17-25,28-29H,6-16H2,1-5H3/t18-,19-,20?,21?,22?,23?,24?,25?,26+,27+/m0/s1.